The minimum absolute atomic E-state index is 0. The van der Waals surface area contributed by atoms with Crippen molar-refractivity contribution in [3.8, 4) is 0 Å². The van der Waals surface area contributed by atoms with E-state index in [1.807, 2.05) is 0 Å². The minimum atomic E-state index is 0. The predicted octanol–water partition coefficient (Wildman–Crippen LogP) is 2.67. The first-order valence-corrected chi connectivity index (χ1v) is 6.72. The summed E-state index contributed by atoms with van der Waals surface area (Å²) in [6.45, 7) is 8.44. The van der Waals surface area contributed by atoms with Crippen molar-refractivity contribution in [1.29, 1.82) is 0 Å². The SMILES string of the molecule is CC1CN(CCC2CCCC2)CC(C)N1.Cl. The molecule has 1 N–H and O–H groups in total. The average molecular weight is 247 g/mol. The highest BCUT2D eigenvalue weighted by Gasteiger charge is 2.22. The molecule has 2 aliphatic rings. The summed E-state index contributed by atoms with van der Waals surface area (Å²) in [5.41, 5.74) is 0. The van der Waals surface area contributed by atoms with Crippen molar-refractivity contribution in [2.75, 3.05) is 19.6 Å². The molecule has 2 fully saturated rings. The Bertz CT molecular complexity index is 182. The zero-order chi connectivity index (χ0) is 10.7. The summed E-state index contributed by atoms with van der Waals surface area (Å²) >= 11 is 0. The van der Waals surface area contributed by atoms with Gasteiger partial charge in [-0.05, 0) is 32.7 Å². The van der Waals surface area contributed by atoms with Gasteiger partial charge in [-0.2, -0.15) is 0 Å². The zero-order valence-corrected chi connectivity index (χ0v) is 11.6. The lowest BCUT2D eigenvalue weighted by Crippen LogP contribution is -2.54. The van der Waals surface area contributed by atoms with Crippen molar-refractivity contribution in [1.82, 2.24) is 10.2 Å². The van der Waals surface area contributed by atoms with Crippen LogP contribution >= 0.6 is 12.4 Å². The topological polar surface area (TPSA) is 15.3 Å². The molecule has 1 saturated heterocycles. The second-order valence-electron chi connectivity index (χ2n) is 5.67. The number of nitrogens with zero attached hydrogens (tertiary/aromatic N) is 1. The summed E-state index contributed by atoms with van der Waals surface area (Å²) in [6.07, 6.45) is 7.41. The second-order valence-corrected chi connectivity index (χ2v) is 5.67. The normalized spacial score (nSPS) is 32.6. The summed E-state index contributed by atoms with van der Waals surface area (Å²) in [5.74, 6) is 1.05. The Labute approximate surface area is 107 Å². The van der Waals surface area contributed by atoms with Crippen LogP contribution in [0.5, 0.6) is 0 Å². The molecule has 0 radical (unpaired) electrons. The van der Waals surface area contributed by atoms with Crippen LogP contribution in [-0.4, -0.2) is 36.6 Å². The maximum Gasteiger partial charge on any atom is 0.0169 e. The highest BCUT2D eigenvalue weighted by Crippen LogP contribution is 2.27. The van der Waals surface area contributed by atoms with E-state index in [-0.39, 0.29) is 12.4 Å². The molecule has 96 valence electrons. The Morgan fingerprint density at radius 3 is 2.19 bits per heavy atom. The van der Waals surface area contributed by atoms with E-state index in [0.29, 0.717) is 12.1 Å². The molecule has 2 unspecified atom stereocenters. The largest absolute Gasteiger partial charge is 0.309 e. The molecule has 0 aromatic heterocycles. The number of piperazine rings is 1. The van der Waals surface area contributed by atoms with Gasteiger partial charge in [-0.1, -0.05) is 25.7 Å². The van der Waals surface area contributed by atoms with Crippen molar-refractivity contribution >= 4 is 12.4 Å². The third-order valence-corrected chi connectivity index (χ3v) is 3.96. The molecule has 16 heavy (non-hydrogen) atoms. The molecule has 3 heteroatoms. The first kappa shape index (κ1) is 14.3. The zero-order valence-electron chi connectivity index (χ0n) is 10.7. The van der Waals surface area contributed by atoms with E-state index in [1.54, 1.807) is 0 Å². The molecular weight excluding hydrogens is 220 g/mol. The van der Waals surface area contributed by atoms with Crippen LogP contribution in [0.2, 0.25) is 0 Å². The van der Waals surface area contributed by atoms with Crippen LogP contribution in [0.15, 0.2) is 0 Å². The van der Waals surface area contributed by atoms with Crippen molar-refractivity contribution in [3.63, 3.8) is 0 Å². The van der Waals surface area contributed by atoms with E-state index in [9.17, 15) is 0 Å². The summed E-state index contributed by atoms with van der Waals surface area (Å²) in [6, 6.07) is 1.36. The van der Waals surface area contributed by atoms with E-state index in [1.165, 1.54) is 51.7 Å². The molecular formula is C13H27ClN2. The van der Waals surface area contributed by atoms with Crippen molar-refractivity contribution in [2.24, 2.45) is 5.92 Å². The Hall–Kier alpha value is 0.210. The van der Waals surface area contributed by atoms with E-state index < -0.39 is 0 Å². The van der Waals surface area contributed by atoms with E-state index in [4.69, 9.17) is 0 Å². The fraction of sp³-hybridized carbons (Fsp3) is 1.00. The second kappa shape index (κ2) is 6.83. The van der Waals surface area contributed by atoms with Gasteiger partial charge in [-0.3, -0.25) is 0 Å². The molecule has 1 saturated carbocycles. The molecule has 1 heterocycles. The van der Waals surface area contributed by atoms with Gasteiger partial charge in [-0.15, -0.1) is 12.4 Å². The standard InChI is InChI=1S/C13H26N2.ClH/c1-11-9-15(10-12(2)14-11)8-7-13-5-3-4-6-13;/h11-14H,3-10H2,1-2H3;1H. The Morgan fingerprint density at radius 2 is 1.62 bits per heavy atom. The van der Waals surface area contributed by atoms with Crippen molar-refractivity contribution < 1.29 is 0 Å². The smallest absolute Gasteiger partial charge is 0.0169 e. The average Bonchev–Trinajstić information content (AvgIpc) is 2.65. The molecule has 1 aliphatic heterocycles. The molecule has 2 atom stereocenters. The number of rotatable bonds is 3. The van der Waals surface area contributed by atoms with E-state index in [0.717, 1.165) is 5.92 Å². The first-order chi connectivity index (χ1) is 7.24. The monoisotopic (exact) mass is 246 g/mol. The van der Waals surface area contributed by atoms with Crippen LogP contribution in [0.4, 0.5) is 0 Å². The van der Waals surface area contributed by atoms with Crippen LogP contribution in [0.1, 0.15) is 46.0 Å². The van der Waals surface area contributed by atoms with Crippen molar-refractivity contribution in [3.05, 3.63) is 0 Å². The Morgan fingerprint density at radius 1 is 1.06 bits per heavy atom. The number of hydrogen-bond acceptors (Lipinski definition) is 2. The Kier molecular flexibility index (Phi) is 6.09. The summed E-state index contributed by atoms with van der Waals surface area (Å²) in [7, 11) is 0. The lowest BCUT2D eigenvalue weighted by Gasteiger charge is -2.36. The van der Waals surface area contributed by atoms with Crippen LogP contribution in [-0.2, 0) is 0 Å². The lowest BCUT2D eigenvalue weighted by molar-refractivity contribution is 0.164. The quantitative estimate of drug-likeness (QED) is 0.824. The molecule has 1 aliphatic carbocycles. The molecule has 0 aromatic rings. The van der Waals surface area contributed by atoms with Crippen LogP contribution < -0.4 is 5.32 Å². The Balaban J connectivity index is 0.00000128. The van der Waals surface area contributed by atoms with Gasteiger partial charge in [0.25, 0.3) is 0 Å². The third-order valence-electron chi connectivity index (χ3n) is 3.96. The van der Waals surface area contributed by atoms with Gasteiger partial charge in [0, 0.05) is 25.2 Å². The minimum Gasteiger partial charge on any atom is -0.309 e. The van der Waals surface area contributed by atoms with Gasteiger partial charge < -0.3 is 10.2 Å². The van der Waals surface area contributed by atoms with Crippen LogP contribution in [0, 0.1) is 5.92 Å². The molecule has 0 bridgehead atoms. The highest BCUT2D eigenvalue weighted by atomic mass is 35.5. The van der Waals surface area contributed by atoms with E-state index >= 15 is 0 Å². The van der Waals surface area contributed by atoms with Gasteiger partial charge in [-0.25, -0.2) is 0 Å². The summed E-state index contributed by atoms with van der Waals surface area (Å²) in [4.78, 5) is 2.66. The lowest BCUT2D eigenvalue weighted by atomic mass is 10.0. The number of nitrogens with one attached hydrogen (secondary N) is 1. The third kappa shape index (κ3) is 4.23. The maximum atomic E-state index is 3.60. The van der Waals surface area contributed by atoms with E-state index in [2.05, 4.69) is 24.1 Å². The van der Waals surface area contributed by atoms with Crippen LogP contribution in [0.3, 0.4) is 0 Å². The van der Waals surface area contributed by atoms with Crippen molar-refractivity contribution in [2.45, 2.75) is 58.0 Å². The highest BCUT2D eigenvalue weighted by molar-refractivity contribution is 5.85. The van der Waals surface area contributed by atoms with Gasteiger partial charge >= 0.3 is 0 Å². The maximum absolute atomic E-state index is 3.60. The fourth-order valence-corrected chi connectivity index (χ4v) is 3.29. The van der Waals surface area contributed by atoms with Gasteiger partial charge in [0.1, 0.15) is 0 Å². The molecule has 0 amide bonds. The van der Waals surface area contributed by atoms with Gasteiger partial charge in [0.15, 0.2) is 0 Å². The predicted molar refractivity (Wildman–Crippen MR) is 72.3 cm³/mol. The number of halogens is 1. The van der Waals surface area contributed by atoms with Gasteiger partial charge in [0.05, 0.1) is 0 Å². The van der Waals surface area contributed by atoms with Crippen LogP contribution in [0.25, 0.3) is 0 Å². The molecule has 2 nitrogen and oxygen atoms in total. The summed E-state index contributed by atoms with van der Waals surface area (Å²) < 4.78 is 0. The summed E-state index contributed by atoms with van der Waals surface area (Å²) in [5, 5.41) is 3.60. The van der Waals surface area contributed by atoms with Gasteiger partial charge in [0.2, 0.25) is 0 Å². The number of hydrogen-bond donors (Lipinski definition) is 1. The molecule has 0 aromatic carbocycles. The fourth-order valence-electron chi connectivity index (χ4n) is 3.29. The molecule has 2 rings (SSSR count). The first-order valence-electron chi connectivity index (χ1n) is 6.72. The molecule has 0 spiro atoms.